The van der Waals surface area contributed by atoms with Crippen molar-refractivity contribution in [2.75, 3.05) is 5.32 Å². The minimum Gasteiger partial charge on any atom is -0.467 e. The van der Waals surface area contributed by atoms with Crippen molar-refractivity contribution in [2.24, 2.45) is 0 Å². The second-order valence-electron chi connectivity index (χ2n) is 9.64. The molecule has 3 aromatic carbocycles. The van der Waals surface area contributed by atoms with E-state index in [-0.39, 0.29) is 23.9 Å². The zero-order valence-electron chi connectivity index (χ0n) is 22.8. The van der Waals surface area contributed by atoms with Crippen molar-refractivity contribution in [3.05, 3.63) is 124 Å². The summed E-state index contributed by atoms with van der Waals surface area (Å²) >= 11 is 1.28. The Morgan fingerprint density at radius 1 is 1.00 bits per heavy atom. The number of aryl methyl sites for hydroxylation is 1. The second kappa shape index (κ2) is 12.7. The molecule has 9 heteroatoms. The molecule has 0 fully saturated rings. The van der Waals surface area contributed by atoms with Gasteiger partial charge in [0, 0.05) is 11.3 Å². The van der Waals surface area contributed by atoms with Crippen LogP contribution in [0, 0.1) is 6.92 Å². The molecule has 2 N–H and O–H groups in total. The zero-order chi connectivity index (χ0) is 28.8. The van der Waals surface area contributed by atoms with Gasteiger partial charge in [0.2, 0.25) is 5.91 Å². The van der Waals surface area contributed by atoms with Gasteiger partial charge in [-0.15, -0.1) is 0 Å². The van der Waals surface area contributed by atoms with Gasteiger partial charge < -0.3 is 15.1 Å². The van der Waals surface area contributed by atoms with Crippen LogP contribution in [-0.4, -0.2) is 26.6 Å². The van der Waals surface area contributed by atoms with Crippen molar-refractivity contribution in [1.82, 2.24) is 14.9 Å². The molecule has 0 bridgehead atoms. The Labute approximate surface area is 241 Å². The fraction of sp³-hybridized carbons (Fsp3) is 0.188. The SMILES string of the molecule is CC[C@H](Sc1nc2ccccc2c(=O)n1Cc1ccc(C(=O)NCc2ccco2)cc1)C(=O)Nc1cccc(C)c1. The Bertz CT molecular complexity index is 1730. The van der Waals surface area contributed by atoms with Crippen molar-refractivity contribution in [1.29, 1.82) is 0 Å². The first-order valence-corrected chi connectivity index (χ1v) is 14.2. The summed E-state index contributed by atoms with van der Waals surface area (Å²) in [4.78, 5) is 44.2. The molecule has 0 aliphatic heterocycles. The van der Waals surface area contributed by atoms with Crippen LogP contribution in [0.3, 0.4) is 0 Å². The predicted molar refractivity (Wildman–Crippen MR) is 161 cm³/mol. The lowest BCUT2D eigenvalue weighted by molar-refractivity contribution is -0.115. The molecule has 8 nitrogen and oxygen atoms in total. The van der Waals surface area contributed by atoms with Gasteiger partial charge in [-0.25, -0.2) is 4.98 Å². The Kier molecular flexibility index (Phi) is 8.64. The number of hydrogen-bond acceptors (Lipinski definition) is 6. The average molecular weight is 567 g/mol. The van der Waals surface area contributed by atoms with Crippen LogP contribution in [0.4, 0.5) is 5.69 Å². The van der Waals surface area contributed by atoms with Crippen LogP contribution < -0.4 is 16.2 Å². The highest BCUT2D eigenvalue weighted by Gasteiger charge is 2.22. The maximum atomic E-state index is 13.6. The summed E-state index contributed by atoms with van der Waals surface area (Å²) in [6.45, 7) is 4.44. The Balaban J connectivity index is 1.38. The summed E-state index contributed by atoms with van der Waals surface area (Å²) in [5, 5.41) is 6.32. The van der Waals surface area contributed by atoms with Gasteiger partial charge in [0.1, 0.15) is 5.76 Å². The molecule has 2 aromatic heterocycles. The predicted octanol–water partition coefficient (Wildman–Crippen LogP) is 5.79. The molecule has 2 heterocycles. The van der Waals surface area contributed by atoms with E-state index >= 15 is 0 Å². The number of hydrogen-bond donors (Lipinski definition) is 2. The molecule has 0 radical (unpaired) electrons. The average Bonchev–Trinajstić information content (AvgIpc) is 3.50. The van der Waals surface area contributed by atoms with Crippen LogP contribution in [0.2, 0.25) is 0 Å². The number of nitrogens with one attached hydrogen (secondary N) is 2. The summed E-state index contributed by atoms with van der Waals surface area (Å²) in [6.07, 6.45) is 2.11. The fourth-order valence-corrected chi connectivity index (χ4v) is 5.41. The van der Waals surface area contributed by atoms with Crippen LogP contribution in [-0.2, 0) is 17.9 Å². The summed E-state index contributed by atoms with van der Waals surface area (Å²) < 4.78 is 6.86. The second-order valence-corrected chi connectivity index (χ2v) is 10.8. The molecule has 41 heavy (non-hydrogen) atoms. The van der Waals surface area contributed by atoms with Crippen molar-refractivity contribution >= 4 is 40.2 Å². The maximum absolute atomic E-state index is 13.6. The van der Waals surface area contributed by atoms with Crippen molar-refractivity contribution in [3.63, 3.8) is 0 Å². The van der Waals surface area contributed by atoms with Gasteiger partial charge in [-0.05, 0) is 73.0 Å². The first-order valence-electron chi connectivity index (χ1n) is 13.3. The molecule has 0 aliphatic rings. The summed E-state index contributed by atoms with van der Waals surface area (Å²) in [7, 11) is 0. The molecule has 0 spiro atoms. The molecule has 208 valence electrons. The van der Waals surface area contributed by atoms with Gasteiger partial charge in [-0.2, -0.15) is 0 Å². The molecule has 1 atom stereocenters. The van der Waals surface area contributed by atoms with Crippen LogP contribution in [0.15, 0.2) is 106 Å². The minimum absolute atomic E-state index is 0.151. The monoisotopic (exact) mass is 566 g/mol. The van der Waals surface area contributed by atoms with Gasteiger partial charge in [-0.3, -0.25) is 19.0 Å². The summed E-state index contributed by atoms with van der Waals surface area (Å²) in [6, 6.07) is 25.5. The molecule has 5 aromatic rings. The first kappa shape index (κ1) is 27.9. The van der Waals surface area contributed by atoms with Crippen LogP contribution in [0.25, 0.3) is 10.9 Å². The number of nitrogens with zero attached hydrogens (tertiary/aromatic N) is 2. The van der Waals surface area contributed by atoms with Gasteiger partial charge >= 0.3 is 0 Å². The van der Waals surface area contributed by atoms with Crippen LogP contribution in [0.5, 0.6) is 0 Å². The van der Waals surface area contributed by atoms with E-state index in [2.05, 4.69) is 10.6 Å². The highest BCUT2D eigenvalue weighted by Crippen LogP contribution is 2.27. The number of carbonyl (C=O) groups excluding carboxylic acids is 2. The lowest BCUT2D eigenvalue weighted by atomic mass is 10.1. The summed E-state index contributed by atoms with van der Waals surface area (Å²) in [5.74, 6) is 0.294. The van der Waals surface area contributed by atoms with Gasteiger partial charge in [0.05, 0.1) is 35.5 Å². The van der Waals surface area contributed by atoms with E-state index in [0.29, 0.717) is 40.3 Å². The third kappa shape index (κ3) is 6.75. The molecule has 0 saturated carbocycles. The number of para-hydroxylation sites is 1. The van der Waals surface area contributed by atoms with E-state index in [9.17, 15) is 14.4 Å². The highest BCUT2D eigenvalue weighted by atomic mass is 32.2. The Morgan fingerprint density at radius 3 is 2.54 bits per heavy atom. The quantitative estimate of drug-likeness (QED) is 0.164. The standard InChI is InChI=1S/C32H30N4O4S/c1-3-28(30(38)34-24-9-6-8-21(2)18-24)41-32-35-27-12-5-4-11-26(27)31(39)36(32)20-22-13-15-23(16-14-22)29(37)33-19-25-10-7-17-40-25/h4-18,28H,3,19-20H2,1-2H3,(H,33,37)(H,34,38)/t28-/m0/s1. The molecule has 5 rings (SSSR count). The maximum Gasteiger partial charge on any atom is 0.262 e. The summed E-state index contributed by atoms with van der Waals surface area (Å²) in [5.41, 5.74) is 3.49. The number of benzene rings is 3. The Morgan fingerprint density at radius 2 is 1.80 bits per heavy atom. The number of carbonyl (C=O) groups is 2. The fourth-order valence-electron chi connectivity index (χ4n) is 4.40. The number of anilines is 1. The largest absolute Gasteiger partial charge is 0.467 e. The van der Waals surface area contributed by atoms with Crippen molar-refractivity contribution < 1.29 is 14.0 Å². The third-order valence-corrected chi connectivity index (χ3v) is 7.94. The molecule has 2 amide bonds. The van der Waals surface area contributed by atoms with Crippen LogP contribution >= 0.6 is 11.8 Å². The van der Waals surface area contributed by atoms with Crippen molar-refractivity contribution in [2.45, 2.75) is 43.8 Å². The lowest BCUT2D eigenvalue weighted by Crippen LogP contribution is -2.28. The molecular weight excluding hydrogens is 536 g/mol. The van der Waals surface area contributed by atoms with Crippen molar-refractivity contribution in [3.8, 4) is 0 Å². The number of rotatable bonds is 10. The van der Waals surface area contributed by atoms with Gasteiger partial charge in [0.25, 0.3) is 11.5 Å². The third-order valence-electron chi connectivity index (χ3n) is 6.58. The number of amides is 2. The molecule has 0 aliphatic carbocycles. The smallest absolute Gasteiger partial charge is 0.262 e. The zero-order valence-corrected chi connectivity index (χ0v) is 23.6. The van der Waals surface area contributed by atoms with E-state index in [4.69, 9.17) is 9.40 Å². The van der Waals surface area contributed by atoms with E-state index in [1.807, 2.05) is 62.4 Å². The van der Waals surface area contributed by atoms with Gasteiger partial charge in [0.15, 0.2) is 5.16 Å². The number of aromatic nitrogens is 2. The number of fused-ring (bicyclic) bond motifs is 1. The Hall–Kier alpha value is -4.63. The number of furan rings is 1. The normalized spacial score (nSPS) is 11.8. The molecular formula is C32H30N4O4S. The van der Waals surface area contributed by atoms with E-state index < -0.39 is 5.25 Å². The first-order chi connectivity index (χ1) is 19.9. The molecule has 0 unspecified atom stereocenters. The highest BCUT2D eigenvalue weighted by molar-refractivity contribution is 8.00. The lowest BCUT2D eigenvalue weighted by Gasteiger charge is -2.18. The number of thioether (sulfide) groups is 1. The van der Waals surface area contributed by atoms with E-state index in [0.717, 1.165) is 16.8 Å². The topological polar surface area (TPSA) is 106 Å². The van der Waals surface area contributed by atoms with Gasteiger partial charge in [-0.1, -0.05) is 55.1 Å². The van der Waals surface area contributed by atoms with E-state index in [1.54, 1.807) is 47.2 Å². The van der Waals surface area contributed by atoms with E-state index in [1.165, 1.54) is 11.8 Å². The molecule has 0 saturated heterocycles. The van der Waals surface area contributed by atoms with Crippen LogP contribution in [0.1, 0.15) is 40.6 Å². The minimum atomic E-state index is -0.463.